The fraction of sp³-hybridized carbons (Fsp3) is 0.368. The lowest BCUT2D eigenvalue weighted by Crippen LogP contribution is -2.40. The van der Waals surface area contributed by atoms with Crippen molar-refractivity contribution in [1.82, 2.24) is 10.2 Å². The summed E-state index contributed by atoms with van der Waals surface area (Å²) in [4.78, 5) is 27.7. The molecule has 4 nitrogen and oxygen atoms in total. The summed E-state index contributed by atoms with van der Waals surface area (Å²) >= 11 is 1.77. The molecule has 2 heterocycles. The van der Waals surface area contributed by atoms with Gasteiger partial charge in [-0.25, -0.2) is 0 Å². The van der Waals surface area contributed by atoms with Crippen molar-refractivity contribution in [3.05, 3.63) is 57.8 Å². The highest BCUT2D eigenvalue weighted by molar-refractivity contribution is 7.10. The minimum absolute atomic E-state index is 0.0851. The monoisotopic (exact) mass is 342 g/mol. The zero-order chi connectivity index (χ0) is 17.1. The van der Waals surface area contributed by atoms with Crippen LogP contribution in [0, 0.1) is 0 Å². The lowest BCUT2D eigenvalue weighted by atomic mass is 9.98. The molecule has 1 N–H and O–H groups in total. The average Bonchev–Trinajstić information content (AvgIpc) is 3.04. The van der Waals surface area contributed by atoms with Gasteiger partial charge < -0.3 is 10.2 Å². The molecule has 126 valence electrons. The maximum Gasteiger partial charge on any atom is 0.225 e. The lowest BCUT2D eigenvalue weighted by molar-refractivity contribution is -0.134. The van der Waals surface area contributed by atoms with Crippen molar-refractivity contribution >= 4 is 23.2 Å². The van der Waals surface area contributed by atoms with E-state index in [9.17, 15) is 9.59 Å². The molecule has 0 aliphatic carbocycles. The zero-order valence-corrected chi connectivity index (χ0v) is 14.8. The predicted octanol–water partition coefficient (Wildman–Crippen LogP) is 3.46. The first-order valence-electron chi connectivity index (χ1n) is 8.24. The van der Waals surface area contributed by atoms with Crippen LogP contribution in [0.5, 0.6) is 0 Å². The Balaban J connectivity index is 1.75. The highest BCUT2D eigenvalue weighted by atomic mass is 32.1. The van der Waals surface area contributed by atoms with Crippen molar-refractivity contribution in [2.75, 3.05) is 6.54 Å². The normalized spacial score (nSPS) is 17.9. The minimum atomic E-state index is -0.285. The van der Waals surface area contributed by atoms with Crippen LogP contribution >= 0.6 is 11.3 Å². The molecule has 2 amide bonds. The molecule has 0 saturated carbocycles. The van der Waals surface area contributed by atoms with Gasteiger partial charge in [0, 0.05) is 18.3 Å². The molecular weight excluding hydrogens is 320 g/mol. The van der Waals surface area contributed by atoms with E-state index in [1.165, 1.54) is 17.4 Å². The zero-order valence-electron chi connectivity index (χ0n) is 14.0. The van der Waals surface area contributed by atoms with Crippen molar-refractivity contribution in [3.8, 4) is 0 Å². The number of hydrogen-bond donors (Lipinski definition) is 1. The van der Waals surface area contributed by atoms with E-state index >= 15 is 0 Å². The molecule has 1 aliphatic rings. The van der Waals surface area contributed by atoms with Crippen molar-refractivity contribution in [1.29, 1.82) is 0 Å². The average molecular weight is 342 g/mol. The molecular formula is C19H22N2O2S. The molecule has 24 heavy (non-hydrogen) atoms. The van der Waals surface area contributed by atoms with Crippen LogP contribution in [0.1, 0.15) is 48.4 Å². The van der Waals surface area contributed by atoms with Crippen LogP contribution in [-0.2, 0) is 16.0 Å². The third-order valence-corrected chi connectivity index (χ3v) is 5.55. The van der Waals surface area contributed by atoms with Crippen molar-refractivity contribution in [2.24, 2.45) is 0 Å². The van der Waals surface area contributed by atoms with Gasteiger partial charge in [-0.05, 0) is 35.9 Å². The highest BCUT2D eigenvalue weighted by Crippen LogP contribution is 2.33. The maximum absolute atomic E-state index is 12.9. The van der Waals surface area contributed by atoms with E-state index in [0.29, 0.717) is 0 Å². The molecule has 0 bridgehead atoms. The molecule has 1 aromatic heterocycles. The Morgan fingerprint density at radius 2 is 2.04 bits per heavy atom. The molecule has 0 unspecified atom stereocenters. The van der Waals surface area contributed by atoms with Gasteiger partial charge in [0.15, 0.2) is 0 Å². The Morgan fingerprint density at radius 1 is 1.29 bits per heavy atom. The van der Waals surface area contributed by atoms with E-state index in [1.807, 2.05) is 35.2 Å². The van der Waals surface area contributed by atoms with Crippen molar-refractivity contribution < 1.29 is 9.59 Å². The quantitative estimate of drug-likeness (QED) is 0.925. The van der Waals surface area contributed by atoms with Gasteiger partial charge in [-0.15, -0.1) is 11.3 Å². The fourth-order valence-electron chi connectivity index (χ4n) is 3.32. The van der Waals surface area contributed by atoms with Crippen LogP contribution in [0.3, 0.4) is 0 Å². The predicted molar refractivity (Wildman–Crippen MR) is 95.8 cm³/mol. The lowest BCUT2D eigenvalue weighted by Gasteiger charge is -2.34. The van der Waals surface area contributed by atoms with E-state index in [4.69, 9.17) is 0 Å². The Morgan fingerprint density at radius 3 is 2.75 bits per heavy atom. The molecule has 0 radical (unpaired) electrons. The molecule has 0 saturated heterocycles. The van der Waals surface area contributed by atoms with E-state index in [1.54, 1.807) is 11.3 Å². The summed E-state index contributed by atoms with van der Waals surface area (Å²) in [5.74, 6) is -0.0366. The Labute approximate surface area is 146 Å². The molecule has 2 aromatic rings. The van der Waals surface area contributed by atoms with Crippen LogP contribution in [0.25, 0.3) is 0 Å². The number of benzene rings is 1. The third-order valence-electron chi connectivity index (χ3n) is 4.56. The van der Waals surface area contributed by atoms with Crippen LogP contribution in [-0.4, -0.2) is 23.3 Å². The molecule has 0 spiro atoms. The van der Waals surface area contributed by atoms with Gasteiger partial charge in [-0.2, -0.15) is 0 Å². The van der Waals surface area contributed by atoms with Crippen LogP contribution < -0.4 is 5.32 Å². The fourth-order valence-corrected chi connectivity index (χ4v) is 4.29. The van der Waals surface area contributed by atoms with Gasteiger partial charge in [-0.3, -0.25) is 9.59 Å². The second-order valence-electron chi connectivity index (χ2n) is 6.18. The second-order valence-corrected chi connectivity index (χ2v) is 7.18. The molecule has 1 aromatic carbocycles. The number of nitrogens with one attached hydrogen (secondary N) is 1. The maximum atomic E-state index is 12.9. The SMILES string of the molecule is CC(=O)N[C@H](CC(=O)N1CCc2sccc2[C@@H]1C)c1ccccc1. The van der Waals surface area contributed by atoms with Crippen molar-refractivity contribution in [2.45, 2.75) is 38.8 Å². The second kappa shape index (κ2) is 7.18. The Bertz CT molecular complexity index is 726. The Kier molecular flexibility index (Phi) is 5.00. The van der Waals surface area contributed by atoms with Crippen LogP contribution in [0.4, 0.5) is 0 Å². The first kappa shape index (κ1) is 16.7. The molecule has 5 heteroatoms. The van der Waals surface area contributed by atoms with E-state index in [0.717, 1.165) is 18.5 Å². The van der Waals surface area contributed by atoms with Gasteiger partial charge in [0.2, 0.25) is 11.8 Å². The smallest absolute Gasteiger partial charge is 0.225 e. The number of nitrogens with zero attached hydrogens (tertiary/aromatic N) is 1. The summed E-state index contributed by atoms with van der Waals surface area (Å²) in [6.07, 6.45) is 1.20. The van der Waals surface area contributed by atoms with Gasteiger partial charge >= 0.3 is 0 Å². The summed E-state index contributed by atoms with van der Waals surface area (Å²) in [6.45, 7) is 4.31. The van der Waals surface area contributed by atoms with Gasteiger partial charge in [0.1, 0.15) is 0 Å². The first-order valence-corrected chi connectivity index (χ1v) is 9.12. The molecule has 1 aliphatic heterocycles. The van der Waals surface area contributed by atoms with Gasteiger partial charge in [0.05, 0.1) is 18.5 Å². The van der Waals surface area contributed by atoms with E-state index in [-0.39, 0.29) is 30.3 Å². The number of hydrogen-bond acceptors (Lipinski definition) is 3. The molecule has 2 atom stereocenters. The van der Waals surface area contributed by atoms with Crippen LogP contribution in [0.2, 0.25) is 0 Å². The van der Waals surface area contributed by atoms with Gasteiger partial charge in [-0.1, -0.05) is 30.3 Å². The van der Waals surface area contributed by atoms with Crippen LogP contribution in [0.15, 0.2) is 41.8 Å². The first-order chi connectivity index (χ1) is 11.6. The summed E-state index contributed by atoms with van der Waals surface area (Å²) in [5.41, 5.74) is 2.22. The summed E-state index contributed by atoms with van der Waals surface area (Å²) in [5, 5.41) is 5.01. The molecule has 0 fully saturated rings. The number of thiophene rings is 1. The number of rotatable bonds is 4. The summed E-state index contributed by atoms with van der Waals surface area (Å²) in [7, 11) is 0. The molecule has 3 rings (SSSR count). The number of carbonyl (C=O) groups is 2. The standard InChI is InChI=1S/C19H22N2O2S/c1-13-16-9-11-24-18(16)8-10-21(13)19(23)12-17(20-14(2)22)15-6-4-3-5-7-15/h3-7,9,11,13,17H,8,10,12H2,1-2H3,(H,20,22)/t13-,17+/m0/s1. The number of carbonyl (C=O) groups excluding carboxylic acids is 2. The number of amides is 2. The Hall–Kier alpha value is -2.14. The minimum Gasteiger partial charge on any atom is -0.349 e. The summed E-state index contributed by atoms with van der Waals surface area (Å²) < 4.78 is 0. The number of fused-ring (bicyclic) bond motifs is 1. The van der Waals surface area contributed by atoms with Crippen molar-refractivity contribution in [3.63, 3.8) is 0 Å². The topological polar surface area (TPSA) is 49.4 Å². The van der Waals surface area contributed by atoms with E-state index in [2.05, 4.69) is 23.7 Å². The van der Waals surface area contributed by atoms with Gasteiger partial charge in [0.25, 0.3) is 0 Å². The van der Waals surface area contributed by atoms with E-state index < -0.39 is 0 Å². The largest absolute Gasteiger partial charge is 0.349 e. The summed E-state index contributed by atoms with van der Waals surface area (Å²) in [6, 6.07) is 11.6. The highest BCUT2D eigenvalue weighted by Gasteiger charge is 2.30. The third kappa shape index (κ3) is 3.51.